The van der Waals surface area contributed by atoms with Crippen molar-refractivity contribution in [2.24, 2.45) is 23.7 Å². The van der Waals surface area contributed by atoms with Gasteiger partial charge in [-0.05, 0) is 101 Å². The fourth-order valence-electron chi connectivity index (χ4n) is 9.98. The number of allylic oxidation sites excluding steroid dienone is 1. The van der Waals surface area contributed by atoms with Crippen molar-refractivity contribution in [1.82, 2.24) is 15.5 Å². The number of alkyl carbamates (subject to hydrolysis) is 1. The molecule has 66 heavy (non-hydrogen) atoms. The van der Waals surface area contributed by atoms with Crippen molar-refractivity contribution in [3.63, 3.8) is 0 Å². The third kappa shape index (κ3) is 14.4. The quantitative estimate of drug-likeness (QED) is 0.107. The molecule has 18 heteroatoms. The van der Waals surface area contributed by atoms with Crippen LogP contribution in [0, 0.1) is 23.7 Å². The van der Waals surface area contributed by atoms with E-state index in [0.29, 0.717) is 32.2 Å². The number of cyclic esters (lactones) is 1. The minimum atomic E-state index is -2.01. The number of hydrogen-bond acceptors (Lipinski definition) is 16. The lowest BCUT2D eigenvalue weighted by atomic mass is 9.74. The van der Waals surface area contributed by atoms with Crippen molar-refractivity contribution in [3.05, 3.63) is 12.3 Å². The summed E-state index contributed by atoms with van der Waals surface area (Å²) in [4.78, 5) is 55.5. The molecule has 2 amide bonds. The van der Waals surface area contributed by atoms with Crippen molar-refractivity contribution < 1.29 is 72.4 Å². The molecule has 3 heterocycles. The summed E-state index contributed by atoms with van der Waals surface area (Å²) in [6.45, 7) is 19.2. The third-order valence-electron chi connectivity index (χ3n) is 14.2. The highest BCUT2D eigenvalue weighted by atomic mass is 16.7. The van der Waals surface area contributed by atoms with Crippen LogP contribution in [0.3, 0.4) is 0 Å². The second-order valence-electron chi connectivity index (χ2n) is 19.8. The van der Waals surface area contributed by atoms with E-state index in [4.69, 9.17) is 37.9 Å². The summed E-state index contributed by atoms with van der Waals surface area (Å²) in [5.74, 6) is -4.82. The van der Waals surface area contributed by atoms with Gasteiger partial charge < -0.3 is 68.7 Å². The number of carbonyl (C=O) groups excluding carboxylic acids is 4. The Kier molecular flexibility index (Phi) is 22.0. The Morgan fingerprint density at radius 3 is 2.12 bits per heavy atom. The molecule has 18 atom stereocenters. The van der Waals surface area contributed by atoms with Crippen LogP contribution in [0.1, 0.15) is 128 Å². The number of rotatable bonds is 16. The Morgan fingerprint density at radius 1 is 0.894 bits per heavy atom. The van der Waals surface area contributed by atoms with E-state index >= 15 is 0 Å². The molecule has 18 nitrogen and oxygen atoms in total. The van der Waals surface area contributed by atoms with E-state index in [0.717, 1.165) is 6.42 Å². The zero-order chi connectivity index (χ0) is 49.9. The number of ether oxygens (including phenoxy) is 8. The number of esters is 1. The van der Waals surface area contributed by atoms with E-state index in [9.17, 15) is 34.5 Å². The highest BCUT2D eigenvalue weighted by Crippen LogP contribution is 2.42. The fourth-order valence-corrected chi connectivity index (χ4v) is 9.98. The van der Waals surface area contributed by atoms with E-state index < -0.39 is 108 Å². The Morgan fingerprint density at radius 2 is 1.53 bits per heavy atom. The van der Waals surface area contributed by atoms with Gasteiger partial charge in [-0.1, -0.05) is 40.2 Å². The minimum Gasteiger partial charge on any atom is -0.459 e. The van der Waals surface area contributed by atoms with Gasteiger partial charge in [0.15, 0.2) is 18.7 Å². The van der Waals surface area contributed by atoms with Gasteiger partial charge in [-0.2, -0.15) is 0 Å². The largest absolute Gasteiger partial charge is 0.459 e. The molecule has 0 radical (unpaired) electrons. The molecule has 3 fully saturated rings. The maximum Gasteiger partial charge on any atom is 0.407 e. The van der Waals surface area contributed by atoms with Crippen LogP contribution in [0.15, 0.2) is 12.3 Å². The highest BCUT2D eigenvalue weighted by molar-refractivity contribution is 5.83. The Balaban J connectivity index is 2.02. The molecule has 3 saturated heterocycles. The van der Waals surface area contributed by atoms with Crippen molar-refractivity contribution >= 4 is 23.8 Å². The van der Waals surface area contributed by atoms with Crippen LogP contribution in [0.2, 0.25) is 0 Å². The zero-order valence-corrected chi connectivity index (χ0v) is 42.4. The Bertz CT molecular complexity index is 1600. The molecule has 382 valence electrons. The molecular weight excluding hydrogens is 859 g/mol. The number of hydrogen-bond donors (Lipinski definition) is 5. The molecule has 0 aromatic rings. The summed E-state index contributed by atoms with van der Waals surface area (Å²) < 4.78 is 50.9. The molecule has 3 aliphatic heterocycles. The Hall–Kier alpha value is -2.78. The maximum absolute atomic E-state index is 14.5. The van der Waals surface area contributed by atoms with Crippen LogP contribution < -0.4 is 10.6 Å². The van der Waals surface area contributed by atoms with Gasteiger partial charge in [0.1, 0.15) is 29.2 Å². The number of methoxy groups -OCH3 is 2. The first-order valence-electron chi connectivity index (χ1n) is 23.9. The molecule has 3 aliphatic rings. The summed E-state index contributed by atoms with van der Waals surface area (Å²) in [5.41, 5.74) is -4.46. The van der Waals surface area contributed by atoms with Crippen LogP contribution in [0.5, 0.6) is 0 Å². The number of aliphatic hydroxyl groups is 3. The topological polar surface area (TPSA) is 230 Å². The first-order chi connectivity index (χ1) is 30.8. The smallest absolute Gasteiger partial charge is 0.407 e. The molecule has 0 aliphatic carbocycles. The average molecular weight is 944 g/mol. The van der Waals surface area contributed by atoms with E-state index in [1.165, 1.54) is 21.1 Å². The lowest BCUT2D eigenvalue weighted by molar-refractivity contribution is -0.319. The second-order valence-corrected chi connectivity index (χ2v) is 19.8. The Labute approximate surface area is 393 Å². The number of nitrogens with one attached hydrogen (secondary N) is 2. The zero-order valence-electron chi connectivity index (χ0n) is 42.4. The average Bonchev–Trinajstić information content (AvgIpc) is 3.27. The SMILES string of the molecule is C/C=C/NC(=O)CCCCCNC(=O)O[C@H]1[C@H](C)O[C@@H](O[C@H]2[C@H](C)[C@@H](O[C@@H]3O[C@H](C)C[C@H](N(C)C)[C@H]3O)[C@](C)(OC)C[C@@H](C)C(=O)[C@H](C)[C@@H](O)[C@](C)(O)[C@@H](CC)OC(=O)[C@@H]2C)C[C@@]1(C)OC. The number of carbonyl (C=O) groups is 4. The van der Waals surface area contributed by atoms with Crippen molar-refractivity contribution in [2.45, 2.75) is 212 Å². The molecule has 0 bridgehead atoms. The van der Waals surface area contributed by atoms with Gasteiger partial charge in [-0.3, -0.25) is 14.4 Å². The van der Waals surface area contributed by atoms with Gasteiger partial charge in [-0.15, -0.1) is 0 Å². The van der Waals surface area contributed by atoms with Gasteiger partial charge >= 0.3 is 12.1 Å². The maximum atomic E-state index is 14.5. The summed E-state index contributed by atoms with van der Waals surface area (Å²) in [6, 6.07) is -0.321. The molecule has 5 N–H and O–H groups in total. The van der Waals surface area contributed by atoms with E-state index in [2.05, 4.69) is 10.6 Å². The van der Waals surface area contributed by atoms with Crippen molar-refractivity contribution in [2.75, 3.05) is 34.9 Å². The van der Waals surface area contributed by atoms with Gasteiger partial charge in [-0.25, -0.2) is 4.79 Å². The van der Waals surface area contributed by atoms with Gasteiger partial charge in [0, 0.05) is 57.4 Å². The number of Topliss-reactive ketones (excluding diaryl/α,β-unsaturated/α-hetero) is 1. The summed E-state index contributed by atoms with van der Waals surface area (Å²) >= 11 is 0. The number of ketones is 1. The van der Waals surface area contributed by atoms with Gasteiger partial charge in [0.25, 0.3) is 0 Å². The van der Waals surface area contributed by atoms with Crippen molar-refractivity contribution in [3.8, 4) is 0 Å². The van der Waals surface area contributed by atoms with Gasteiger partial charge in [0.2, 0.25) is 5.91 Å². The van der Waals surface area contributed by atoms with Crippen LogP contribution in [-0.2, 0) is 52.3 Å². The fraction of sp³-hybridized carbons (Fsp3) is 0.875. The lowest BCUT2D eigenvalue weighted by Crippen LogP contribution is -2.62. The minimum absolute atomic E-state index is 0.0491. The predicted molar refractivity (Wildman–Crippen MR) is 245 cm³/mol. The van der Waals surface area contributed by atoms with E-state index in [1.807, 2.05) is 39.8 Å². The standard InChI is InChI=1S/C48H85N3O15/c1-16-22-49-35(52)21-19-18-20-23-50-45(57)66-42-32(8)62-36(26-47(42,10)60-15)64-39-30(6)41(65-44-38(54)33(51(12)13)24-28(4)61-44)46(9,59-14)25-27(3)37(53)29(5)40(55)48(11,58)34(17-2)63-43(56)31(39)7/h16,22,27-34,36,38-42,44,54-55,58H,17-21,23-26H2,1-15H3,(H,49,52)(H,50,57)/b22-16+/t27-,28-,29+,30+,31-,32+,33+,34-,36+,38-,39+,40-,41-,42+,44+,46-,47-,48-/m1/s1. The molecule has 0 spiro atoms. The predicted octanol–water partition coefficient (Wildman–Crippen LogP) is 4.38. The lowest BCUT2D eigenvalue weighted by Gasteiger charge is -2.50. The normalized spacial score (nSPS) is 41.0. The number of amides is 2. The first kappa shape index (κ1) is 57.5. The number of unbranched alkanes of at least 4 members (excludes halogenated alkanes) is 2. The number of aliphatic hydroxyl groups excluding tert-OH is 2. The van der Waals surface area contributed by atoms with Crippen LogP contribution in [0.25, 0.3) is 0 Å². The summed E-state index contributed by atoms with van der Waals surface area (Å²) in [5, 5.41) is 40.5. The van der Waals surface area contributed by atoms with E-state index in [1.54, 1.807) is 60.7 Å². The van der Waals surface area contributed by atoms with Crippen molar-refractivity contribution in [1.29, 1.82) is 0 Å². The monoisotopic (exact) mass is 944 g/mol. The number of nitrogens with zero attached hydrogens (tertiary/aromatic N) is 1. The molecule has 0 aromatic carbocycles. The highest BCUT2D eigenvalue weighted by Gasteiger charge is 2.55. The molecular formula is C48H85N3O15. The third-order valence-corrected chi connectivity index (χ3v) is 14.2. The summed E-state index contributed by atoms with van der Waals surface area (Å²) in [7, 11) is 6.73. The second kappa shape index (κ2) is 25.2. The number of likely N-dealkylation sites (N-methyl/N-ethyl adjacent to an activating group) is 1. The first-order valence-corrected chi connectivity index (χ1v) is 23.9. The molecule has 3 rings (SSSR count). The molecule has 0 unspecified atom stereocenters. The summed E-state index contributed by atoms with van der Waals surface area (Å²) in [6.07, 6.45) is -4.31. The van der Waals surface area contributed by atoms with Crippen LogP contribution in [0.4, 0.5) is 4.79 Å². The molecule has 0 aromatic heterocycles. The van der Waals surface area contributed by atoms with Crippen LogP contribution >= 0.6 is 0 Å². The van der Waals surface area contributed by atoms with E-state index in [-0.39, 0.29) is 43.1 Å². The molecule has 0 saturated carbocycles. The van der Waals surface area contributed by atoms with Gasteiger partial charge in [0.05, 0.1) is 42.0 Å². The van der Waals surface area contributed by atoms with Crippen LogP contribution in [-0.4, -0.2) is 163 Å².